The smallest absolute Gasteiger partial charge is 0.300 e. The number of benzene rings is 2. The maximum atomic E-state index is 13.3. The summed E-state index contributed by atoms with van der Waals surface area (Å²) in [6.45, 7) is 0. The number of Topliss-reactive ketones (excluding diaryl/α,β-unsaturated/α-hetero) is 1. The molecule has 1 saturated heterocycles. The van der Waals surface area contributed by atoms with E-state index in [1.165, 1.54) is 38.6 Å². The molecule has 1 aromatic heterocycles. The van der Waals surface area contributed by atoms with E-state index in [2.05, 4.69) is 0 Å². The number of aliphatic hydroxyl groups is 1. The van der Waals surface area contributed by atoms with Crippen molar-refractivity contribution in [2.24, 2.45) is 0 Å². The van der Waals surface area contributed by atoms with Gasteiger partial charge in [-0.1, -0.05) is 35.3 Å². The first kappa shape index (κ1) is 23.5. The molecule has 1 aliphatic heterocycles. The monoisotopic (exact) mass is 503 g/mol. The number of methoxy groups -OCH3 is 3. The minimum Gasteiger partial charge on any atom is -0.507 e. The van der Waals surface area contributed by atoms with Crippen LogP contribution in [-0.2, 0) is 9.59 Å². The Bertz CT molecular complexity index is 1300. The van der Waals surface area contributed by atoms with Crippen LogP contribution in [-0.4, -0.2) is 38.1 Å². The van der Waals surface area contributed by atoms with Crippen molar-refractivity contribution in [1.29, 1.82) is 0 Å². The zero-order valence-electron chi connectivity index (χ0n) is 18.3. The average Bonchev–Trinajstić information content (AvgIpc) is 3.45. The Labute approximate surface area is 204 Å². The molecule has 2 aromatic carbocycles. The lowest BCUT2D eigenvalue weighted by Gasteiger charge is -2.25. The maximum absolute atomic E-state index is 13.3. The van der Waals surface area contributed by atoms with E-state index in [1.54, 1.807) is 36.4 Å². The fraction of sp³-hybridized carbons (Fsp3) is 0.167. The molecule has 1 unspecified atom stereocenters. The molecular formula is C24H19Cl2NO7. The van der Waals surface area contributed by atoms with Gasteiger partial charge in [-0.3, -0.25) is 14.5 Å². The third-order valence-corrected chi connectivity index (χ3v) is 6.02. The summed E-state index contributed by atoms with van der Waals surface area (Å²) in [4.78, 5) is 27.7. The number of hydrogen-bond donors (Lipinski definition) is 1. The number of halogens is 2. The summed E-state index contributed by atoms with van der Waals surface area (Å²) >= 11 is 12.7. The lowest BCUT2D eigenvalue weighted by Crippen LogP contribution is -2.29. The number of carbonyl (C=O) groups is 2. The second-order valence-corrected chi connectivity index (χ2v) is 7.93. The highest BCUT2D eigenvalue weighted by atomic mass is 35.5. The molecule has 1 amide bonds. The normalized spacial score (nSPS) is 17.2. The first-order valence-corrected chi connectivity index (χ1v) is 10.7. The van der Waals surface area contributed by atoms with Crippen molar-refractivity contribution in [3.63, 3.8) is 0 Å². The molecule has 0 aliphatic carbocycles. The molecule has 1 atom stereocenters. The molecule has 2 heterocycles. The molecule has 3 aromatic rings. The number of carbonyl (C=O) groups excluding carboxylic acids is 2. The summed E-state index contributed by atoms with van der Waals surface area (Å²) in [6, 6.07) is 10.2. The fourth-order valence-electron chi connectivity index (χ4n) is 3.92. The maximum Gasteiger partial charge on any atom is 0.300 e. The summed E-state index contributed by atoms with van der Waals surface area (Å²) in [6.07, 6.45) is 1.40. The van der Waals surface area contributed by atoms with Gasteiger partial charge in [-0.25, -0.2) is 0 Å². The number of hydrogen-bond acceptors (Lipinski definition) is 7. The second-order valence-electron chi connectivity index (χ2n) is 7.14. The van der Waals surface area contributed by atoms with Crippen molar-refractivity contribution in [2.75, 3.05) is 26.2 Å². The van der Waals surface area contributed by atoms with Crippen molar-refractivity contribution in [1.82, 2.24) is 0 Å². The Morgan fingerprint density at radius 1 is 1.00 bits per heavy atom. The average molecular weight is 504 g/mol. The van der Waals surface area contributed by atoms with Crippen LogP contribution in [0.5, 0.6) is 17.2 Å². The van der Waals surface area contributed by atoms with E-state index in [0.29, 0.717) is 11.4 Å². The van der Waals surface area contributed by atoms with E-state index in [9.17, 15) is 14.7 Å². The Morgan fingerprint density at radius 2 is 1.71 bits per heavy atom. The predicted octanol–water partition coefficient (Wildman–Crippen LogP) is 5.24. The fourth-order valence-corrected chi connectivity index (χ4v) is 4.60. The molecule has 4 rings (SSSR count). The molecule has 0 radical (unpaired) electrons. The number of furan rings is 1. The van der Waals surface area contributed by atoms with Crippen molar-refractivity contribution in [3.05, 3.63) is 75.7 Å². The molecule has 0 spiro atoms. The van der Waals surface area contributed by atoms with Crippen LogP contribution in [0.3, 0.4) is 0 Å². The van der Waals surface area contributed by atoms with Crippen LogP contribution in [0, 0.1) is 0 Å². The quantitative estimate of drug-likeness (QED) is 0.279. The summed E-state index contributed by atoms with van der Waals surface area (Å²) in [5.74, 6) is -1.60. The van der Waals surface area contributed by atoms with E-state index >= 15 is 0 Å². The number of anilines is 1. The number of nitrogens with zero attached hydrogens (tertiary/aromatic N) is 1. The summed E-state index contributed by atoms with van der Waals surface area (Å²) in [5, 5.41) is 11.4. The molecule has 8 nitrogen and oxygen atoms in total. The minimum atomic E-state index is -1.10. The number of para-hydroxylation sites is 2. The standard InChI is InChI=1S/C24H19Cl2NO7/c1-31-15-8-5-4-7-14(15)27-19(16-9-6-10-34-16)17(21(29)24(27)30)20(28)12-11-13(25)23(33-3)18(26)22(12)32-2/h4-11,19,28H,1-3H3/b20-17-. The van der Waals surface area contributed by atoms with Crippen molar-refractivity contribution in [2.45, 2.75) is 6.04 Å². The van der Waals surface area contributed by atoms with E-state index in [1.807, 2.05) is 0 Å². The number of rotatable bonds is 6. The third-order valence-electron chi connectivity index (χ3n) is 5.40. The first-order chi connectivity index (χ1) is 16.3. The van der Waals surface area contributed by atoms with Gasteiger partial charge in [0.05, 0.1) is 49.4 Å². The first-order valence-electron chi connectivity index (χ1n) is 9.93. The molecule has 0 saturated carbocycles. The number of ketones is 1. The largest absolute Gasteiger partial charge is 0.507 e. The highest BCUT2D eigenvalue weighted by molar-refractivity contribution is 6.52. The van der Waals surface area contributed by atoms with E-state index < -0.39 is 23.5 Å². The van der Waals surface area contributed by atoms with Crippen LogP contribution in [0.15, 0.2) is 58.7 Å². The van der Waals surface area contributed by atoms with Crippen LogP contribution in [0.4, 0.5) is 5.69 Å². The van der Waals surface area contributed by atoms with Crippen molar-refractivity contribution >= 4 is 46.3 Å². The van der Waals surface area contributed by atoms with Gasteiger partial charge in [0, 0.05) is 0 Å². The van der Waals surface area contributed by atoms with Gasteiger partial charge in [-0.2, -0.15) is 0 Å². The Kier molecular flexibility index (Phi) is 6.45. The lowest BCUT2D eigenvalue weighted by atomic mass is 9.98. The van der Waals surface area contributed by atoms with Gasteiger partial charge in [-0.15, -0.1) is 0 Å². The molecule has 176 valence electrons. The molecule has 1 N–H and O–H groups in total. The SMILES string of the molecule is COc1ccccc1N1C(=O)C(=O)/C(=C(\O)c2cc(Cl)c(OC)c(Cl)c2OC)C1c1ccco1. The van der Waals surface area contributed by atoms with Gasteiger partial charge in [-0.05, 0) is 30.3 Å². The van der Waals surface area contributed by atoms with Crippen LogP contribution in [0.25, 0.3) is 5.76 Å². The van der Waals surface area contributed by atoms with Crippen molar-refractivity contribution < 1.29 is 33.3 Å². The molecule has 10 heteroatoms. The van der Waals surface area contributed by atoms with Gasteiger partial charge in [0.25, 0.3) is 11.7 Å². The Morgan fingerprint density at radius 3 is 2.32 bits per heavy atom. The minimum absolute atomic E-state index is 0.00689. The third kappa shape index (κ3) is 3.65. The van der Waals surface area contributed by atoms with E-state index in [-0.39, 0.29) is 38.4 Å². The van der Waals surface area contributed by atoms with Crippen LogP contribution in [0.2, 0.25) is 10.0 Å². The molecule has 1 aliphatic rings. The van der Waals surface area contributed by atoms with E-state index in [4.69, 9.17) is 41.8 Å². The number of ether oxygens (including phenoxy) is 3. The number of amides is 1. The highest BCUT2D eigenvalue weighted by Gasteiger charge is 2.49. The summed E-state index contributed by atoms with van der Waals surface area (Å²) < 4.78 is 21.5. The van der Waals surface area contributed by atoms with Gasteiger partial charge in [0.1, 0.15) is 28.3 Å². The predicted molar refractivity (Wildman–Crippen MR) is 126 cm³/mol. The van der Waals surface area contributed by atoms with Gasteiger partial charge < -0.3 is 23.7 Å². The van der Waals surface area contributed by atoms with Gasteiger partial charge >= 0.3 is 0 Å². The molecule has 0 bridgehead atoms. The van der Waals surface area contributed by atoms with Gasteiger partial charge in [0.15, 0.2) is 11.5 Å². The summed E-state index contributed by atoms with van der Waals surface area (Å²) in [7, 11) is 4.16. The topological polar surface area (TPSA) is 98.4 Å². The van der Waals surface area contributed by atoms with Crippen LogP contribution < -0.4 is 19.1 Å². The van der Waals surface area contributed by atoms with Crippen molar-refractivity contribution in [3.8, 4) is 17.2 Å². The van der Waals surface area contributed by atoms with Crippen LogP contribution >= 0.6 is 23.2 Å². The van der Waals surface area contributed by atoms with Gasteiger partial charge in [0.2, 0.25) is 0 Å². The molecule has 1 fully saturated rings. The summed E-state index contributed by atoms with van der Waals surface area (Å²) in [5.41, 5.74) is 0.0969. The second kappa shape index (κ2) is 9.32. The van der Waals surface area contributed by atoms with E-state index in [0.717, 1.165) is 0 Å². The lowest BCUT2D eigenvalue weighted by molar-refractivity contribution is -0.132. The Hall–Kier alpha value is -3.62. The number of aliphatic hydroxyl groups excluding tert-OH is 1. The van der Waals surface area contributed by atoms with Crippen LogP contribution in [0.1, 0.15) is 17.4 Å². The molecule has 34 heavy (non-hydrogen) atoms. The zero-order valence-corrected chi connectivity index (χ0v) is 19.8. The Balaban J connectivity index is 2.01. The zero-order chi connectivity index (χ0) is 24.6. The molecular weight excluding hydrogens is 485 g/mol. The highest BCUT2D eigenvalue weighted by Crippen LogP contribution is 2.49.